The molecule has 0 saturated carbocycles. The number of benzene rings is 1. The number of non-ortho nitro benzene ring substituents is 1. The molecule has 3 heterocycles. The largest absolute Gasteiger partial charge is 0.477 e. The number of ether oxygens (including phenoxy) is 1. The third-order valence-corrected chi connectivity index (χ3v) is 17.9. The number of carboxylic acids is 1. The molecule has 246 valence electrons. The monoisotopic (exact) mass is 695 g/mol. The lowest BCUT2D eigenvalue weighted by Gasteiger charge is -2.56. The van der Waals surface area contributed by atoms with E-state index in [-0.39, 0.29) is 34.2 Å². The normalized spacial score (nSPS) is 23.9. The van der Waals surface area contributed by atoms with Crippen LogP contribution in [0.25, 0.3) is 0 Å². The topological polar surface area (TPSA) is 140 Å². The zero-order valence-electron chi connectivity index (χ0n) is 26.4. The molecule has 1 aromatic rings. The van der Waals surface area contributed by atoms with Crippen molar-refractivity contribution in [3.63, 3.8) is 0 Å². The van der Waals surface area contributed by atoms with Gasteiger partial charge in [-0.1, -0.05) is 64.2 Å². The van der Waals surface area contributed by atoms with E-state index in [0.717, 1.165) is 5.56 Å². The minimum Gasteiger partial charge on any atom is -0.477 e. The van der Waals surface area contributed by atoms with Gasteiger partial charge in [0.1, 0.15) is 12.5 Å². The van der Waals surface area contributed by atoms with Crippen molar-refractivity contribution in [3.05, 3.63) is 62.5 Å². The minimum absolute atomic E-state index is 0.0169. The van der Waals surface area contributed by atoms with Crippen LogP contribution in [0, 0.1) is 16.0 Å². The van der Waals surface area contributed by atoms with Gasteiger partial charge in [0.2, 0.25) is 5.91 Å². The summed E-state index contributed by atoms with van der Waals surface area (Å²) < 4.78 is 11.6. The molecule has 15 heteroatoms. The molecule has 4 atom stereocenters. The van der Waals surface area contributed by atoms with E-state index in [1.807, 2.05) is 6.92 Å². The Labute approximate surface area is 277 Å². The molecule has 0 spiro atoms. The molecule has 3 aliphatic rings. The Hall–Kier alpha value is -2.46. The number of carboxylic acid groups (broad SMARTS) is 1. The summed E-state index contributed by atoms with van der Waals surface area (Å²) >= 11 is 4.22. The van der Waals surface area contributed by atoms with Gasteiger partial charge in [0, 0.05) is 36.2 Å². The molecule has 0 aromatic heterocycles. The summed E-state index contributed by atoms with van der Waals surface area (Å²) in [5.41, 5.74) is 0.758. The van der Waals surface area contributed by atoms with Gasteiger partial charge in [0.15, 0.2) is 18.2 Å². The molecule has 3 aliphatic heterocycles. The Morgan fingerprint density at radius 1 is 1.31 bits per heavy atom. The number of hydrogen-bond donors (Lipinski definition) is 1. The predicted molar refractivity (Wildman–Crippen MR) is 181 cm³/mol. The summed E-state index contributed by atoms with van der Waals surface area (Å²) in [6, 6.07) is 6.26. The number of β-lactam (4-membered cyclic amide) rings is 1. The average molecular weight is 696 g/mol. The Bertz CT molecular complexity index is 1380. The maximum atomic E-state index is 14.0. The molecule has 1 aromatic carbocycles. The minimum atomic E-state index is -2.30. The molecular weight excluding hydrogens is 655 g/mol. The van der Waals surface area contributed by atoms with Crippen LogP contribution in [0.5, 0.6) is 0 Å². The Kier molecular flexibility index (Phi) is 10.8. The van der Waals surface area contributed by atoms with E-state index in [9.17, 15) is 29.6 Å². The van der Waals surface area contributed by atoms with Crippen molar-refractivity contribution in [1.82, 2.24) is 9.80 Å². The summed E-state index contributed by atoms with van der Waals surface area (Å²) in [5, 5.41) is 21.4. The van der Waals surface area contributed by atoms with E-state index in [1.54, 1.807) is 17.0 Å². The number of carbonyl (C=O) groups excluding carboxylic acids is 2. The summed E-state index contributed by atoms with van der Waals surface area (Å²) in [4.78, 5) is 53.0. The zero-order chi connectivity index (χ0) is 33.3. The van der Waals surface area contributed by atoms with Gasteiger partial charge >= 0.3 is 12.1 Å². The third-order valence-electron chi connectivity index (χ3n) is 8.67. The van der Waals surface area contributed by atoms with E-state index in [1.165, 1.54) is 58.4 Å². The SMILES string of the molecule is C=CCOC(=O)N1CCC(SC2=C(C(=O)O)N3C(=O)[C@@H]([C@H](CC)O[Si](C)(C)C(C)(C)C)[C@@]3(SCc3ccc([N+](=O)[O-])cc3)S2)C1. The van der Waals surface area contributed by atoms with Gasteiger partial charge in [-0.25, -0.2) is 9.59 Å². The number of likely N-dealkylation sites (tertiary alicyclic amines) is 1. The van der Waals surface area contributed by atoms with Crippen LogP contribution in [0.1, 0.15) is 46.1 Å². The van der Waals surface area contributed by atoms with Crippen LogP contribution >= 0.6 is 35.3 Å². The summed E-state index contributed by atoms with van der Waals surface area (Å²) in [6.07, 6.45) is 1.87. The Morgan fingerprint density at radius 3 is 2.53 bits per heavy atom. The number of rotatable bonds is 13. The van der Waals surface area contributed by atoms with Crippen molar-refractivity contribution in [2.75, 3.05) is 19.7 Å². The highest BCUT2D eigenvalue weighted by Crippen LogP contribution is 2.68. The molecule has 2 amide bonds. The molecule has 45 heavy (non-hydrogen) atoms. The number of nitrogens with zero attached hydrogens (tertiary/aromatic N) is 3. The highest BCUT2D eigenvalue weighted by Gasteiger charge is 2.70. The molecular formula is C30H41N3O8S3Si. The first-order chi connectivity index (χ1) is 21.1. The molecule has 2 fully saturated rings. The van der Waals surface area contributed by atoms with Crippen molar-refractivity contribution in [2.24, 2.45) is 5.92 Å². The number of carbonyl (C=O) groups is 3. The van der Waals surface area contributed by atoms with Gasteiger partial charge in [0.05, 0.1) is 15.3 Å². The van der Waals surface area contributed by atoms with Crippen molar-refractivity contribution >= 4 is 67.3 Å². The molecule has 1 N–H and O–H groups in total. The smallest absolute Gasteiger partial charge is 0.410 e. The number of nitro benzene ring substituents is 1. The quantitative estimate of drug-likeness (QED) is 0.0760. The van der Waals surface area contributed by atoms with Gasteiger partial charge in [-0.15, -0.1) is 23.5 Å². The molecule has 1 unspecified atom stereocenters. The lowest BCUT2D eigenvalue weighted by molar-refractivity contribution is -0.384. The van der Waals surface area contributed by atoms with Crippen LogP contribution in [-0.4, -0.2) is 81.4 Å². The van der Waals surface area contributed by atoms with Gasteiger partial charge in [-0.2, -0.15) is 0 Å². The maximum absolute atomic E-state index is 14.0. The van der Waals surface area contributed by atoms with Crippen molar-refractivity contribution in [1.29, 1.82) is 0 Å². The van der Waals surface area contributed by atoms with E-state index in [4.69, 9.17) is 9.16 Å². The first kappa shape index (κ1) is 35.4. The lowest BCUT2D eigenvalue weighted by Crippen LogP contribution is -2.69. The number of amides is 2. The number of thioether (sulfide) groups is 3. The second-order valence-electron chi connectivity index (χ2n) is 12.7. The van der Waals surface area contributed by atoms with Gasteiger partial charge in [-0.05, 0) is 36.5 Å². The molecule has 11 nitrogen and oxygen atoms in total. The van der Waals surface area contributed by atoms with Crippen molar-refractivity contribution in [2.45, 2.75) is 80.0 Å². The van der Waals surface area contributed by atoms with E-state index in [0.29, 0.717) is 35.9 Å². The van der Waals surface area contributed by atoms with Crippen molar-refractivity contribution in [3.8, 4) is 0 Å². The summed E-state index contributed by atoms with van der Waals surface area (Å²) in [7, 11) is -2.30. The van der Waals surface area contributed by atoms with Crippen LogP contribution in [0.3, 0.4) is 0 Å². The van der Waals surface area contributed by atoms with E-state index >= 15 is 0 Å². The van der Waals surface area contributed by atoms with Gasteiger partial charge in [0.25, 0.3) is 5.69 Å². The number of aliphatic carboxylic acids is 1. The lowest BCUT2D eigenvalue weighted by atomic mass is 9.89. The van der Waals surface area contributed by atoms with Gasteiger partial charge in [-0.3, -0.25) is 19.8 Å². The van der Waals surface area contributed by atoms with Crippen LogP contribution in [0.15, 0.2) is 46.9 Å². The van der Waals surface area contributed by atoms with Crippen LogP contribution in [0.2, 0.25) is 18.1 Å². The summed E-state index contributed by atoms with van der Waals surface area (Å²) in [5.74, 6) is -1.67. The first-order valence-electron chi connectivity index (χ1n) is 14.8. The number of nitro groups is 1. The third kappa shape index (κ3) is 7.11. The number of hydrogen-bond acceptors (Lipinski definition) is 10. The van der Waals surface area contributed by atoms with Crippen LogP contribution in [-0.2, 0) is 24.5 Å². The molecule has 0 aliphatic carbocycles. The van der Waals surface area contributed by atoms with Crippen LogP contribution in [0.4, 0.5) is 10.5 Å². The maximum Gasteiger partial charge on any atom is 0.410 e. The molecule has 2 saturated heterocycles. The zero-order valence-corrected chi connectivity index (χ0v) is 29.9. The molecule has 0 bridgehead atoms. The highest BCUT2D eigenvalue weighted by atomic mass is 32.2. The fourth-order valence-corrected chi connectivity index (χ4v) is 12.0. The van der Waals surface area contributed by atoms with E-state index in [2.05, 4.69) is 40.4 Å². The molecule has 4 rings (SSSR count). The number of fused-ring (bicyclic) bond motifs is 1. The Morgan fingerprint density at radius 2 is 1.98 bits per heavy atom. The second-order valence-corrected chi connectivity index (χ2v) is 21.7. The fourth-order valence-electron chi connectivity index (χ4n) is 5.22. The highest BCUT2D eigenvalue weighted by molar-refractivity contribution is 8.29. The average Bonchev–Trinajstić information content (AvgIpc) is 3.55. The second kappa shape index (κ2) is 13.7. The first-order valence-corrected chi connectivity index (χ1v) is 20.4. The fraction of sp³-hybridized carbons (Fsp3) is 0.567. The van der Waals surface area contributed by atoms with E-state index < -0.39 is 41.5 Å². The summed E-state index contributed by atoms with van der Waals surface area (Å²) in [6.45, 7) is 17.2. The van der Waals surface area contributed by atoms with Crippen LogP contribution < -0.4 is 0 Å². The predicted octanol–water partition coefficient (Wildman–Crippen LogP) is 6.87. The van der Waals surface area contributed by atoms with Gasteiger partial charge < -0.3 is 19.2 Å². The molecule has 0 radical (unpaired) electrons. The standard InChI is InChI=1S/C30H41N3O8S3Si/c1-8-16-40-28(37)31-15-14-21(17-31)43-27-24(26(35)36)32-25(34)23(22(9-2)41-45(6,7)29(3,4)5)30(32,44-27)42-18-19-10-12-20(13-11-19)33(38)39/h8,10-13,21-23H,1,9,14-18H2,2-7H3,(H,35,36)/t21?,22-,23+,30+/m0/s1. The Balaban J connectivity index is 1.65. The van der Waals surface area contributed by atoms with Crippen molar-refractivity contribution < 1.29 is 33.6 Å².